The van der Waals surface area contributed by atoms with Gasteiger partial charge in [-0.3, -0.25) is 9.78 Å². The number of thiophene rings is 1. The van der Waals surface area contributed by atoms with E-state index >= 15 is 0 Å². The summed E-state index contributed by atoms with van der Waals surface area (Å²) in [6.45, 7) is 1.27. The van der Waals surface area contributed by atoms with Gasteiger partial charge in [0, 0.05) is 31.2 Å². The zero-order valence-electron chi connectivity index (χ0n) is 15.5. The Kier molecular flexibility index (Phi) is 4.46. The van der Waals surface area contributed by atoms with Crippen molar-refractivity contribution in [3.05, 3.63) is 36.2 Å². The minimum atomic E-state index is -0.329. The standard InChI is InChI=1S/C19H18N8OS/c20-5-2-19(3-6-28-7-4-19)27-12-13(9-23-27)16-17-15(1-8-29-17)25-18(26-16)24-14-10-21-22-11-14/h1,8-12H,2-4,6-7H2,(H,21,22)(H,24,25,26). The van der Waals surface area contributed by atoms with Gasteiger partial charge in [0.15, 0.2) is 0 Å². The highest BCUT2D eigenvalue weighted by Crippen LogP contribution is 2.36. The molecule has 4 aromatic heterocycles. The number of nitrogens with one attached hydrogen (secondary N) is 2. The van der Waals surface area contributed by atoms with Gasteiger partial charge in [-0.2, -0.15) is 15.5 Å². The highest BCUT2D eigenvalue weighted by Gasteiger charge is 2.35. The molecule has 10 heteroatoms. The van der Waals surface area contributed by atoms with E-state index in [2.05, 4.69) is 31.7 Å². The van der Waals surface area contributed by atoms with Crippen LogP contribution in [-0.2, 0) is 10.3 Å². The predicted molar refractivity (Wildman–Crippen MR) is 109 cm³/mol. The number of hydrogen-bond acceptors (Lipinski definition) is 8. The maximum Gasteiger partial charge on any atom is 0.228 e. The number of fused-ring (bicyclic) bond motifs is 1. The van der Waals surface area contributed by atoms with Crippen LogP contribution in [-0.4, -0.2) is 43.2 Å². The summed E-state index contributed by atoms with van der Waals surface area (Å²) < 4.78 is 8.44. The Bertz CT molecular complexity index is 1170. The number of rotatable bonds is 5. The van der Waals surface area contributed by atoms with Gasteiger partial charge in [0.1, 0.15) is 0 Å². The fourth-order valence-electron chi connectivity index (χ4n) is 3.65. The van der Waals surface area contributed by atoms with Gasteiger partial charge in [0.25, 0.3) is 0 Å². The number of nitrogens with zero attached hydrogens (tertiary/aromatic N) is 6. The molecule has 0 atom stereocenters. The Morgan fingerprint density at radius 1 is 1.31 bits per heavy atom. The number of ether oxygens (including phenoxy) is 1. The molecule has 1 fully saturated rings. The lowest BCUT2D eigenvalue weighted by molar-refractivity contribution is 0.0172. The first kappa shape index (κ1) is 17.8. The summed E-state index contributed by atoms with van der Waals surface area (Å²) in [6, 6.07) is 4.30. The molecule has 1 saturated heterocycles. The van der Waals surface area contributed by atoms with Crippen molar-refractivity contribution in [1.82, 2.24) is 29.9 Å². The van der Waals surface area contributed by atoms with Gasteiger partial charge >= 0.3 is 0 Å². The summed E-state index contributed by atoms with van der Waals surface area (Å²) in [4.78, 5) is 9.34. The number of hydrogen-bond donors (Lipinski definition) is 2. The topological polar surface area (TPSA) is 117 Å². The molecule has 2 N–H and O–H groups in total. The van der Waals surface area contributed by atoms with Crippen LogP contribution in [0.3, 0.4) is 0 Å². The minimum absolute atomic E-state index is 0.329. The van der Waals surface area contributed by atoms with Crippen molar-refractivity contribution >= 4 is 33.2 Å². The molecule has 146 valence electrons. The molecule has 0 radical (unpaired) electrons. The Morgan fingerprint density at radius 3 is 3.00 bits per heavy atom. The molecule has 29 heavy (non-hydrogen) atoms. The highest BCUT2D eigenvalue weighted by molar-refractivity contribution is 7.17. The second-order valence-corrected chi connectivity index (χ2v) is 7.90. The van der Waals surface area contributed by atoms with Crippen molar-refractivity contribution in [3.8, 4) is 17.3 Å². The number of H-pyrrole nitrogens is 1. The van der Waals surface area contributed by atoms with Crippen molar-refractivity contribution in [2.75, 3.05) is 18.5 Å². The van der Waals surface area contributed by atoms with Crippen LogP contribution in [0.2, 0.25) is 0 Å². The van der Waals surface area contributed by atoms with Crippen LogP contribution >= 0.6 is 11.3 Å². The molecule has 0 spiro atoms. The van der Waals surface area contributed by atoms with Gasteiger partial charge in [0.2, 0.25) is 5.95 Å². The average Bonchev–Trinajstić information content (AvgIpc) is 3.50. The Labute approximate surface area is 170 Å². The maximum atomic E-state index is 9.37. The van der Waals surface area contributed by atoms with E-state index < -0.39 is 0 Å². The summed E-state index contributed by atoms with van der Waals surface area (Å²) in [6.07, 6.45) is 9.18. The van der Waals surface area contributed by atoms with Crippen LogP contribution < -0.4 is 5.32 Å². The molecule has 0 aliphatic carbocycles. The molecule has 0 bridgehead atoms. The summed E-state index contributed by atoms with van der Waals surface area (Å²) in [5, 5.41) is 25.9. The smallest absolute Gasteiger partial charge is 0.228 e. The Morgan fingerprint density at radius 2 is 2.21 bits per heavy atom. The highest BCUT2D eigenvalue weighted by atomic mass is 32.1. The fourth-order valence-corrected chi connectivity index (χ4v) is 4.50. The Hall–Kier alpha value is -3.29. The molecule has 5 rings (SSSR count). The van der Waals surface area contributed by atoms with Crippen molar-refractivity contribution < 1.29 is 4.74 Å². The van der Waals surface area contributed by atoms with E-state index in [1.165, 1.54) is 0 Å². The zero-order chi connectivity index (χ0) is 19.7. The van der Waals surface area contributed by atoms with Crippen LogP contribution in [0, 0.1) is 11.3 Å². The van der Waals surface area contributed by atoms with Gasteiger partial charge in [0.05, 0.1) is 52.0 Å². The molecule has 0 unspecified atom stereocenters. The third-order valence-electron chi connectivity index (χ3n) is 5.23. The number of aromatic amines is 1. The zero-order valence-corrected chi connectivity index (χ0v) is 16.3. The van der Waals surface area contributed by atoms with Crippen LogP contribution in [0.5, 0.6) is 0 Å². The van der Waals surface area contributed by atoms with E-state index in [1.54, 1.807) is 23.7 Å². The second-order valence-electron chi connectivity index (χ2n) is 6.99. The van der Waals surface area contributed by atoms with Crippen molar-refractivity contribution in [2.45, 2.75) is 24.8 Å². The number of anilines is 2. The van der Waals surface area contributed by atoms with Gasteiger partial charge in [-0.05, 0) is 24.3 Å². The predicted octanol–water partition coefficient (Wildman–Crippen LogP) is 3.44. The molecule has 4 aromatic rings. The lowest BCUT2D eigenvalue weighted by atomic mass is 9.87. The second kappa shape index (κ2) is 7.27. The van der Waals surface area contributed by atoms with E-state index in [4.69, 9.17) is 9.72 Å². The monoisotopic (exact) mass is 406 g/mol. The number of aromatic nitrogens is 6. The van der Waals surface area contributed by atoms with Crippen molar-refractivity contribution in [1.29, 1.82) is 5.26 Å². The normalized spacial score (nSPS) is 16.0. The molecular formula is C19H18N8OS. The molecule has 1 aliphatic heterocycles. The lowest BCUT2D eigenvalue weighted by Crippen LogP contribution is -2.39. The molecular weight excluding hydrogens is 388 g/mol. The summed E-state index contributed by atoms with van der Waals surface area (Å²) >= 11 is 1.60. The van der Waals surface area contributed by atoms with E-state index in [9.17, 15) is 5.26 Å². The lowest BCUT2D eigenvalue weighted by Gasteiger charge is -2.35. The molecule has 9 nitrogen and oxygen atoms in total. The molecule has 5 heterocycles. The third kappa shape index (κ3) is 3.24. The molecule has 0 saturated carbocycles. The average molecular weight is 406 g/mol. The first-order valence-corrected chi connectivity index (χ1v) is 10.2. The Balaban J connectivity index is 1.56. The van der Waals surface area contributed by atoms with E-state index in [1.807, 2.05) is 28.5 Å². The van der Waals surface area contributed by atoms with Crippen LogP contribution in [0.1, 0.15) is 19.3 Å². The SMILES string of the molecule is N#CCC1(n2cc(-c3nc(Nc4cn[nH]c4)nc4ccsc34)cn2)CCOCC1. The van der Waals surface area contributed by atoms with Gasteiger partial charge in [-0.1, -0.05) is 0 Å². The summed E-state index contributed by atoms with van der Waals surface area (Å²) in [5.74, 6) is 0.498. The third-order valence-corrected chi connectivity index (χ3v) is 6.14. The van der Waals surface area contributed by atoms with Gasteiger partial charge < -0.3 is 10.1 Å². The fraction of sp³-hybridized carbons (Fsp3) is 0.316. The quantitative estimate of drug-likeness (QED) is 0.521. The van der Waals surface area contributed by atoms with E-state index in [0.717, 1.165) is 40.0 Å². The summed E-state index contributed by atoms with van der Waals surface area (Å²) in [7, 11) is 0. The first-order valence-electron chi connectivity index (χ1n) is 9.29. The van der Waals surface area contributed by atoms with Gasteiger partial charge in [-0.25, -0.2) is 9.97 Å². The molecule has 0 amide bonds. The van der Waals surface area contributed by atoms with Crippen LogP contribution in [0.15, 0.2) is 36.2 Å². The van der Waals surface area contributed by atoms with E-state index in [0.29, 0.717) is 25.6 Å². The van der Waals surface area contributed by atoms with E-state index in [-0.39, 0.29) is 5.54 Å². The maximum absolute atomic E-state index is 9.37. The first-order chi connectivity index (χ1) is 14.3. The van der Waals surface area contributed by atoms with Gasteiger partial charge in [-0.15, -0.1) is 11.3 Å². The van der Waals surface area contributed by atoms with Crippen LogP contribution in [0.4, 0.5) is 11.6 Å². The summed E-state index contributed by atoms with van der Waals surface area (Å²) in [5.41, 5.74) is 3.05. The minimum Gasteiger partial charge on any atom is -0.381 e. The largest absolute Gasteiger partial charge is 0.381 e. The van der Waals surface area contributed by atoms with Crippen molar-refractivity contribution in [3.63, 3.8) is 0 Å². The number of nitriles is 1. The van der Waals surface area contributed by atoms with Crippen molar-refractivity contribution in [2.24, 2.45) is 0 Å². The molecule has 1 aliphatic rings. The molecule has 0 aromatic carbocycles. The van der Waals surface area contributed by atoms with Crippen LogP contribution in [0.25, 0.3) is 21.5 Å².